The first kappa shape index (κ1) is 15.5. The Bertz CT molecular complexity index is 233. The van der Waals surface area contributed by atoms with E-state index < -0.39 is 0 Å². The molecule has 0 aliphatic heterocycles. The van der Waals surface area contributed by atoms with Crippen LogP contribution >= 0.6 is 0 Å². The highest BCUT2D eigenvalue weighted by atomic mass is 16.1. The summed E-state index contributed by atoms with van der Waals surface area (Å²) in [7, 11) is 0. The summed E-state index contributed by atoms with van der Waals surface area (Å²) in [5.41, 5.74) is 0. The van der Waals surface area contributed by atoms with Crippen molar-refractivity contribution in [3.63, 3.8) is 0 Å². The maximum Gasteiger partial charge on any atom is 0.221 e. The molecule has 0 heterocycles. The molecule has 1 amide bonds. The van der Waals surface area contributed by atoms with Crippen LogP contribution in [0.5, 0.6) is 0 Å². The van der Waals surface area contributed by atoms with Crippen molar-refractivity contribution in [3.05, 3.63) is 0 Å². The van der Waals surface area contributed by atoms with Gasteiger partial charge in [0.15, 0.2) is 0 Å². The van der Waals surface area contributed by atoms with Gasteiger partial charge in [-0.2, -0.15) is 0 Å². The zero-order chi connectivity index (χ0) is 13.4. The second-order valence-corrected chi connectivity index (χ2v) is 6.28. The zero-order valence-corrected chi connectivity index (χ0v) is 12.3. The van der Waals surface area contributed by atoms with Crippen LogP contribution in [0.15, 0.2) is 0 Å². The smallest absolute Gasteiger partial charge is 0.221 e. The second-order valence-electron chi connectivity index (χ2n) is 6.28. The molecular weight excluding hydrogens is 224 g/mol. The third-order valence-electron chi connectivity index (χ3n) is 3.80. The minimum Gasteiger partial charge on any atom is -0.356 e. The summed E-state index contributed by atoms with van der Waals surface area (Å²) in [5, 5.41) is 6.38. The molecule has 0 aromatic carbocycles. The van der Waals surface area contributed by atoms with Crippen LogP contribution in [-0.4, -0.2) is 25.5 Å². The van der Waals surface area contributed by atoms with E-state index in [2.05, 4.69) is 31.4 Å². The van der Waals surface area contributed by atoms with E-state index in [1.54, 1.807) is 0 Å². The molecule has 1 aliphatic rings. The first-order chi connectivity index (χ1) is 8.58. The highest BCUT2D eigenvalue weighted by Crippen LogP contribution is 2.27. The molecule has 106 valence electrons. The van der Waals surface area contributed by atoms with E-state index in [1.165, 1.54) is 25.7 Å². The van der Waals surface area contributed by atoms with E-state index >= 15 is 0 Å². The topological polar surface area (TPSA) is 41.1 Å². The van der Waals surface area contributed by atoms with E-state index in [0.29, 0.717) is 12.3 Å². The molecule has 3 heteroatoms. The molecule has 1 saturated carbocycles. The lowest BCUT2D eigenvalue weighted by Crippen LogP contribution is -2.32. The number of hydrogen-bond acceptors (Lipinski definition) is 2. The molecule has 2 N–H and O–H groups in total. The molecule has 0 saturated heterocycles. The van der Waals surface area contributed by atoms with Crippen molar-refractivity contribution < 1.29 is 4.79 Å². The standard InChI is InChI=1S/C15H30N2O/c1-12(2)10-17-15(18)8-9-16-11-14-6-4-13(3)5-7-14/h12-14,16H,4-11H2,1-3H3,(H,17,18). The lowest BCUT2D eigenvalue weighted by Gasteiger charge is -2.26. The van der Waals surface area contributed by atoms with Gasteiger partial charge in [0.1, 0.15) is 0 Å². The molecule has 1 fully saturated rings. The van der Waals surface area contributed by atoms with Crippen LogP contribution < -0.4 is 10.6 Å². The summed E-state index contributed by atoms with van der Waals surface area (Å²) in [6, 6.07) is 0. The van der Waals surface area contributed by atoms with Crippen molar-refractivity contribution >= 4 is 5.91 Å². The van der Waals surface area contributed by atoms with Crippen molar-refractivity contribution in [1.82, 2.24) is 10.6 Å². The molecule has 0 bridgehead atoms. The van der Waals surface area contributed by atoms with Gasteiger partial charge in [0.25, 0.3) is 0 Å². The first-order valence-corrected chi connectivity index (χ1v) is 7.55. The number of carbonyl (C=O) groups excluding carboxylic acids is 1. The maximum atomic E-state index is 11.5. The third kappa shape index (κ3) is 7.00. The van der Waals surface area contributed by atoms with Crippen LogP contribution in [0.2, 0.25) is 0 Å². The Balaban J connectivity index is 1.96. The predicted octanol–water partition coefficient (Wildman–Crippen LogP) is 2.56. The van der Waals surface area contributed by atoms with Gasteiger partial charge in [-0.25, -0.2) is 0 Å². The van der Waals surface area contributed by atoms with Gasteiger partial charge in [-0.3, -0.25) is 4.79 Å². The van der Waals surface area contributed by atoms with Crippen LogP contribution in [0, 0.1) is 17.8 Å². The molecule has 18 heavy (non-hydrogen) atoms. The van der Waals surface area contributed by atoms with Crippen LogP contribution in [0.1, 0.15) is 52.9 Å². The molecule has 0 radical (unpaired) electrons. The minimum atomic E-state index is 0.175. The van der Waals surface area contributed by atoms with Gasteiger partial charge in [-0.05, 0) is 37.1 Å². The summed E-state index contributed by atoms with van der Waals surface area (Å²) < 4.78 is 0. The third-order valence-corrected chi connectivity index (χ3v) is 3.80. The van der Waals surface area contributed by atoms with E-state index in [1.807, 2.05) is 0 Å². The van der Waals surface area contributed by atoms with E-state index in [4.69, 9.17) is 0 Å². The van der Waals surface area contributed by atoms with Crippen molar-refractivity contribution in [2.24, 2.45) is 17.8 Å². The lowest BCUT2D eigenvalue weighted by atomic mass is 9.83. The molecule has 1 rings (SSSR count). The summed E-state index contributed by atoms with van der Waals surface area (Å²) in [6.07, 6.45) is 6.07. The Labute approximate surface area is 112 Å². The highest BCUT2D eigenvalue weighted by Gasteiger charge is 2.17. The molecular formula is C15H30N2O. The number of carbonyl (C=O) groups is 1. The maximum absolute atomic E-state index is 11.5. The number of amides is 1. The van der Waals surface area contributed by atoms with Crippen LogP contribution in [0.3, 0.4) is 0 Å². The second kappa shape index (κ2) is 8.52. The number of rotatable bonds is 7. The SMILES string of the molecule is CC(C)CNC(=O)CCNCC1CCC(C)CC1. The fourth-order valence-electron chi connectivity index (χ4n) is 2.45. The summed E-state index contributed by atoms with van der Waals surface area (Å²) >= 11 is 0. The van der Waals surface area contributed by atoms with Crippen LogP contribution in [0.25, 0.3) is 0 Å². The highest BCUT2D eigenvalue weighted by molar-refractivity contribution is 5.76. The van der Waals surface area contributed by atoms with E-state index in [9.17, 15) is 4.79 Å². The van der Waals surface area contributed by atoms with E-state index in [0.717, 1.165) is 31.5 Å². The predicted molar refractivity (Wildman–Crippen MR) is 76.5 cm³/mol. The van der Waals surface area contributed by atoms with Crippen molar-refractivity contribution in [1.29, 1.82) is 0 Å². The van der Waals surface area contributed by atoms with Crippen LogP contribution in [0.4, 0.5) is 0 Å². The van der Waals surface area contributed by atoms with Gasteiger partial charge >= 0.3 is 0 Å². The molecule has 0 unspecified atom stereocenters. The Kier molecular flexibility index (Phi) is 7.33. The number of hydrogen-bond donors (Lipinski definition) is 2. The van der Waals surface area contributed by atoms with Crippen molar-refractivity contribution in [3.8, 4) is 0 Å². The Morgan fingerprint density at radius 1 is 1.22 bits per heavy atom. The summed E-state index contributed by atoms with van der Waals surface area (Å²) in [5.74, 6) is 2.46. The summed E-state index contributed by atoms with van der Waals surface area (Å²) in [6.45, 7) is 9.27. The Morgan fingerprint density at radius 3 is 2.50 bits per heavy atom. The molecule has 1 aliphatic carbocycles. The molecule has 0 atom stereocenters. The van der Waals surface area contributed by atoms with Gasteiger partial charge < -0.3 is 10.6 Å². The van der Waals surface area contributed by atoms with Gasteiger partial charge in [0.05, 0.1) is 0 Å². The zero-order valence-electron chi connectivity index (χ0n) is 12.3. The van der Waals surface area contributed by atoms with Gasteiger partial charge in [-0.1, -0.05) is 33.6 Å². The fraction of sp³-hybridized carbons (Fsp3) is 0.933. The van der Waals surface area contributed by atoms with Crippen LogP contribution in [-0.2, 0) is 4.79 Å². The van der Waals surface area contributed by atoms with Crippen molar-refractivity contribution in [2.75, 3.05) is 19.6 Å². The normalized spacial score (nSPS) is 24.2. The average molecular weight is 254 g/mol. The van der Waals surface area contributed by atoms with Gasteiger partial charge in [0, 0.05) is 19.5 Å². The fourth-order valence-corrected chi connectivity index (χ4v) is 2.45. The minimum absolute atomic E-state index is 0.175. The monoisotopic (exact) mass is 254 g/mol. The molecule has 0 spiro atoms. The number of nitrogens with one attached hydrogen (secondary N) is 2. The Morgan fingerprint density at radius 2 is 1.89 bits per heavy atom. The molecule has 0 aromatic rings. The average Bonchev–Trinajstić information content (AvgIpc) is 2.34. The largest absolute Gasteiger partial charge is 0.356 e. The summed E-state index contributed by atoms with van der Waals surface area (Å²) in [4.78, 5) is 11.5. The lowest BCUT2D eigenvalue weighted by molar-refractivity contribution is -0.121. The van der Waals surface area contributed by atoms with Gasteiger partial charge in [-0.15, -0.1) is 0 Å². The van der Waals surface area contributed by atoms with Crippen molar-refractivity contribution in [2.45, 2.75) is 52.9 Å². The first-order valence-electron chi connectivity index (χ1n) is 7.55. The van der Waals surface area contributed by atoms with E-state index in [-0.39, 0.29) is 5.91 Å². The molecule has 0 aromatic heterocycles. The Hall–Kier alpha value is -0.570. The van der Waals surface area contributed by atoms with Gasteiger partial charge in [0.2, 0.25) is 5.91 Å². The quantitative estimate of drug-likeness (QED) is 0.686. The molecule has 3 nitrogen and oxygen atoms in total.